The van der Waals surface area contributed by atoms with Gasteiger partial charge in [-0.05, 0) is 31.1 Å². The van der Waals surface area contributed by atoms with Gasteiger partial charge in [0.05, 0.1) is 4.92 Å². The van der Waals surface area contributed by atoms with E-state index in [4.69, 9.17) is 0 Å². The molecule has 1 N–H and O–H groups in total. The summed E-state index contributed by atoms with van der Waals surface area (Å²) >= 11 is 0. The first kappa shape index (κ1) is 13.8. The fraction of sp³-hybridized carbons (Fsp3) is 0.769. The quantitative estimate of drug-likeness (QED) is 0.608. The average Bonchev–Trinajstić information content (AvgIpc) is 3.13. The van der Waals surface area contributed by atoms with Crippen molar-refractivity contribution in [2.24, 2.45) is 18.9 Å². The minimum atomic E-state index is -0.317. The van der Waals surface area contributed by atoms with Crippen LogP contribution in [0.5, 0.6) is 0 Å². The second kappa shape index (κ2) is 5.59. The number of anilines is 1. The van der Waals surface area contributed by atoms with Gasteiger partial charge in [-0.2, -0.15) is 5.10 Å². The van der Waals surface area contributed by atoms with Crippen molar-refractivity contribution in [3.63, 3.8) is 0 Å². The number of aryl methyl sites for hydroxylation is 2. The average molecular weight is 266 g/mol. The van der Waals surface area contributed by atoms with Crippen molar-refractivity contribution in [2.45, 2.75) is 39.5 Å². The minimum Gasteiger partial charge on any atom is -0.364 e. The summed E-state index contributed by atoms with van der Waals surface area (Å²) in [6, 6.07) is 0. The fourth-order valence-electron chi connectivity index (χ4n) is 2.45. The van der Waals surface area contributed by atoms with Crippen LogP contribution >= 0.6 is 0 Å². The highest BCUT2D eigenvalue weighted by molar-refractivity contribution is 5.59. The topological polar surface area (TPSA) is 73.0 Å². The first-order chi connectivity index (χ1) is 9.04. The van der Waals surface area contributed by atoms with Gasteiger partial charge in [-0.3, -0.25) is 10.1 Å². The Kier molecular flexibility index (Phi) is 4.07. The zero-order valence-electron chi connectivity index (χ0n) is 11.8. The lowest BCUT2D eigenvalue weighted by Crippen LogP contribution is -2.15. The van der Waals surface area contributed by atoms with Crippen molar-refractivity contribution in [1.82, 2.24) is 9.78 Å². The molecule has 1 heterocycles. The molecule has 6 heteroatoms. The number of nitrogens with one attached hydrogen (secondary N) is 1. The highest BCUT2D eigenvalue weighted by Gasteiger charge is 2.30. The lowest BCUT2D eigenvalue weighted by atomic mass is 10.1. The lowest BCUT2D eigenvalue weighted by molar-refractivity contribution is -0.384. The maximum Gasteiger partial charge on any atom is 0.333 e. The maximum absolute atomic E-state index is 11.2. The zero-order chi connectivity index (χ0) is 14.0. The summed E-state index contributed by atoms with van der Waals surface area (Å²) < 4.78 is 1.60. The third-order valence-electron chi connectivity index (χ3n) is 3.78. The number of hydrogen-bond donors (Lipinski definition) is 1. The fourth-order valence-corrected chi connectivity index (χ4v) is 2.45. The van der Waals surface area contributed by atoms with Crippen molar-refractivity contribution in [1.29, 1.82) is 0 Å². The van der Waals surface area contributed by atoms with Crippen molar-refractivity contribution < 1.29 is 4.92 Å². The first-order valence-corrected chi connectivity index (χ1v) is 6.98. The summed E-state index contributed by atoms with van der Waals surface area (Å²) in [6.45, 7) is 4.97. The molecule has 0 saturated heterocycles. The molecule has 1 aliphatic carbocycles. The van der Waals surface area contributed by atoms with Crippen molar-refractivity contribution >= 4 is 11.5 Å². The predicted octanol–water partition coefficient (Wildman–Crippen LogP) is 2.74. The van der Waals surface area contributed by atoms with Crippen LogP contribution in [0.2, 0.25) is 0 Å². The molecule has 106 valence electrons. The van der Waals surface area contributed by atoms with E-state index in [0.717, 1.165) is 18.9 Å². The Morgan fingerprint density at radius 3 is 2.79 bits per heavy atom. The van der Waals surface area contributed by atoms with Gasteiger partial charge >= 0.3 is 5.69 Å². The molecule has 1 saturated carbocycles. The smallest absolute Gasteiger partial charge is 0.333 e. The Balaban J connectivity index is 2.14. The Morgan fingerprint density at radius 1 is 1.58 bits per heavy atom. The third-order valence-corrected chi connectivity index (χ3v) is 3.78. The van der Waals surface area contributed by atoms with Gasteiger partial charge in [0.25, 0.3) is 0 Å². The normalized spacial score (nSPS) is 16.4. The number of aromatic nitrogens is 2. The summed E-state index contributed by atoms with van der Waals surface area (Å²) in [4.78, 5) is 10.9. The van der Waals surface area contributed by atoms with Gasteiger partial charge in [0, 0.05) is 13.6 Å². The van der Waals surface area contributed by atoms with Gasteiger partial charge in [0.15, 0.2) is 0 Å². The van der Waals surface area contributed by atoms with Crippen LogP contribution in [-0.2, 0) is 13.5 Å². The molecule has 0 aliphatic heterocycles. The van der Waals surface area contributed by atoms with E-state index in [2.05, 4.69) is 17.3 Å². The van der Waals surface area contributed by atoms with Crippen molar-refractivity contribution in [2.75, 3.05) is 11.9 Å². The standard InChI is InChI=1S/C13H22N4O2/c1-4-5-11-12(17(18)19)13(16(3)15-11)14-8-9(2)10-6-7-10/h9-10,14H,4-8H2,1-3H3. The van der Waals surface area contributed by atoms with Crippen LogP contribution in [0.4, 0.5) is 11.5 Å². The summed E-state index contributed by atoms with van der Waals surface area (Å²) in [7, 11) is 1.76. The molecule has 1 atom stereocenters. The molecule has 6 nitrogen and oxygen atoms in total. The van der Waals surface area contributed by atoms with Crippen molar-refractivity contribution in [3.05, 3.63) is 15.8 Å². The summed E-state index contributed by atoms with van der Waals surface area (Å²) in [5, 5.41) is 18.7. The molecule has 1 fully saturated rings. The predicted molar refractivity (Wildman–Crippen MR) is 74.2 cm³/mol. The van der Waals surface area contributed by atoms with Gasteiger partial charge in [0.1, 0.15) is 5.69 Å². The Bertz CT molecular complexity index is 465. The molecular formula is C13H22N4O2. The molecule has 0 aromatic carbocycles. The molecule has 0 bridgehead atoms. The molecule has 0 spiro atoms. The van der Waals surface area contributed by atoms with E-state index in [1.165, 1.54) is 12.8 Å². The van der Waals surface area contributed by atoms with Crippen LogP contribution in [-0.4, -0.2) is 21.2 Å². The van der Waals surface area contributed by atoms with Crippen LogP contribution in [0.1, 0.15) is 38.8 Å². The minimum absolute atomic E-state index is 0.146. The van der Waals surface area contributed by atoms with Gasteiger partial charge < -0.3 is 5.32 Å². The SMILES string of the molecule is CCCc1nn(C)c(NCC(C)C2CC2)c1[N+](=O)[O-]. The Hall–Kier alpha value is -1.59. The van der Waals surface area contributed by atoms with E-state index >= 15 is 0 Å². The molecule has 1 unspecified atom stereocenters. The zero-order valence-corrected chi connectivity index (χ0v) is 11.8. The molecule has 1 aromatic heterocycles. The van der Waals surface area contributed by atoms with Crippen molar-refractivity contribution in [3.8, 4) is 0 Å². The van der Waals surface area contributed by atoms with Crippen LogP contribution < -0.4 is 5.32 Å². The second-order valence-electron chi connectivity index (χ2n) is 5.47. The molecule has 19 heavy (non-hydrogen) atoms. The maximum atomic E-state index is 11.2. The van der Waals surface area contributed by atoms with Crippen LogP contribution in [0.15, 0.2) is 0 Å². The molecule has 2 rings (SSSR count). The van der Waals surface area contributed by atoms with E-state index in [0.29, 0.717) is 23.9 Å². The van der Waals surface area contributed by atoms with E-state index < -0.39 is 0 Å². The van der Waals surface area contributed by atoms with Gasteiger partial charge in [0.2, 0.25) is 5.82 Å². The summed E-state index contributed by atoms with van der Waals surface area (Å²) in [5.41, 5.74) is 0.726. The van der Waals surface area contributed by atoms with Crippen LogP contribution in [0.25, 0.3) is 0 Å². The molecule has 1 aliphatic rings. The molecule has 0 amide bonds. The third kappa shape index (κ3) is 3.05. The Morgan fingerprint density at radius 2 is 2.26 bits per heavy atom. The Labute approximate surface area is 113 Å². The first-order valence-electron chi connectivity index (χ1n) is 6.98. The van der Waals surface area contributed by atoms with Crippen LogP contribution in [0.3, 0.4) is 0 Å². The largest absolute Gasteiger partial charge is 0.364 e. The van der Waals surface area contributed by atoms with Crippen LogP contribution in [0, 0.1) is 22.0 Å². The summed E-state index contributed by atoms with van der Waals surface area (Å²) in [6.07, 6.45) is 4.08. The number of nitro groups is 1. The highest BCUT2D eigenvalue weighted by atomic mass is 16.6. The number of hydrogen-bond acceptors (Lipinski definition) is 4. The molecule has 0 radical (unpaired) electrons. The monoisotopic (exact) mass is 266 g/mol. The highest BCUT2D eigenvalue weighted by Crippen LogP contribution is 2.37. The molecular weight excluding hydrogens is 244 g/mol. The van der Waals surface area contributed by atoms with Gasteiger partial charge in [-0.15, -0.1) is 0 Å². The molecule has 1 aromatic rings. The van der Waals surface area contributed by atoms with E-state index in [1.54, 1.807) is 11.7 Å². The van der Waals surface area contributed by atoms with E-state index in [-0.39, 0.29) is 10.6 Å². The lowest BCUT2D eigenvalue weighted by Gasteiger charge is -2.11. The van der Waals surface area contributed by atoms with E-state index in [1.807, 2.05) is 6.92 Å². The number of nitrogens with zero attached hydrogens (tertiary/aromatic N) is 3. The summed E-state index contributed by atoms with van der Waals surface area (Å²) in [5.74, 6) is 1.89. The number of rotatable bonds is 7. The van der Waals surface area contributed by atoms with Gasteiger partial charge in [-0.25, -0.2) is 4.68 Å². The van der Waals surface area contributed by atoms with E-state index in [9.17, 15) is 10.1 Å². The second-order valence-corrected chi connectivity index (χ2v) is 5.47. The van der Waals surface area contributed by atoms with Gasteiger partial charge in [-0.1, -0.05) is 20.3 Å².